The molecule has 0 atom stereocenters. The molecule has 0 bridgehead atoms. The number of hydrogen-bond donors (Lipinski definition) is 0. The highest BCUT2D eigenvalue weighted by Crippen LogP contribution is 2.41. The lowest BCUT2D eigenvalue weighted by Gasteiger charge is -2.14. The van der Waals surface area contributed by atoms with Crippen LogP contribution in [0, 0.1) is 0 Å². The third-order valence-corrected chi connectivity index (χ3v) is 12.3. The van der Waals surface area contributed by atoms with Gasteiger partial charge in [0.2, 0.25) is 0 Å². The Morgan fingerprint density at radius 3 is 0.983 bits per heavy atom. The van der Waals surface area contributed by atoms with Crippen LogP contribution < -0.4 is 0 Å². The number of rotatable bonds is 4. The van der Waals surface area contributed by atoms with Crippen LogP contribution in [0.2, 0.25) is 0 Å². The third kappa shape index (κ3) is 4.75. The average Bonchev–Trinajstić information content (AvgIpc) is 3.83. The number of hydrogen-bond acceptors (Lipinski definition) is 2. The predicted octanol–water partition coefficient (Wildman–Crippen LogP) is 13.9. The fourth-order valence-corrected chi connectivity index (χ4v) is 9.52. The second-order valence-corrected chi connectivity index (χ2v) is 15.5. The van der Waals surface area contributed by atoms with E-state index in [1.807, 2.05) is 0 Å². The standard InChI is InChI=1S/C54H36N4/c1-57-51-45-21-11-7-17-41(45)39-15-5-9-19-43(39)49(51)55-53(57)35-27-23-33(24-28-35)47-31-37-13-3-4-14-38(37)32-48(47)34-25-29-36(30-26-34)54-56-50-44-20-10-6-16-40(44)42-18-8-12-22-46(42)52(50)58(54)2/h3-32H,1-2H3. The molecule has 0 N–H and O–H groups in total. The average molecular weight is 741 g/mol. The van der Waals surface area contributed by atoms with Gasteiger partial charge in [0.25, 0.3) is 0 Å². The normalized spacial score (nSPS) is 12.0. The zero-order valence-electron chi connectivity index (χ0n) is 32.1. The fourth-order valence-electron chi connectivity index (χ4n) is 9.52. The van der Waals surface area contributed by atoms with Gasteiger partial charge in [-0.05, 0) is 66.7 Å². The molecule has 2 aromatic heterocycles. The van der Waals surface area contributed by atoms with Crippen LogP contribution in [0.15, 0.2) is 182 Å². The van der Waals surface area contributed by atoms with E-state index in [2.05, 4.69) is 205 Å². The number of benzene rings is 10. The summed E-state index contributed by atoms with van der Waals surface area (Å²) >= 11 is 0. The summed E-state index contributed by atoms with van der Waals surface area (Å²) in [6.45, 7) is 0. The minimum absolute atomic E-state index is 0.959. The Kier molecular flexibility index (Phi) is 7.02. The first-order valence-corrected chi connectivity index (χ1v) is 19.9. The molecule has 0 aliphatic carbocycles. The first-order valence-electron chi connectivity index (χ1n) is 19.9. The van der Waals surface area contributed by atoms with Crippen LogP contribution in [0.5, 0.6) is 0 Å². The highest BCUT2D eigenvalue weighted by Gasteiger charge is 2.19. The minimum atomic E-state index is 0.959. The van der Waals surface area contributed by atoms with E-state index in [-0.39, 0.29) is 0 Å². The smallest absolute Gasteiger partial charge is 0.140 e. The molecule has 2 heterocycles. The van der Waals surface area contributed by atoms with Gasteiger partial charge in [-0.15, -0.1) is 0 Å². The Bertz CT molecular complexity index is 3380. The quantitative estimate of drug-likeness (QED) is 0.168. The summed E-state index contributed by atoms with van der Waals surface area (Å²) in [5.41, 5.74) is 11.3. The van der Waals surface area contributed by atoms with Gasteiger partial charge in [-0.25, -0.2) is 9.97 Å². The van der Waals surface area contributed by atoms with Crippen molar-refractivity contribution in [1.82, 2.24) is 19.1 Å². The molecule has 0 saturated heterocycles. The number of fused-ring (bicyclic) bond motifs is 13. The van der Waals surface area contributed by atoms with Crippen LogP contribution >= 0.6 is 0 Å². The number of aromatic nitrogens is 4. The summed E-state index contributed by atoms with van der Waals surface area (Å²) in [5, 5.41) is 12.2. The van der Waals surface area contributed by atoms with Crippen molar-refractivity contribution in [3.63, 3.8) is 0 Å². The van der Waals surface area contributed by atoms with Crippen LogP contribution in [0.1, 0.15) is 0 Å². The van der Waals surface area contributed by atoms with Crippen molar-refractivity contribution in [2.45, 2.75) is 0 Å². The molecule has 0 radical (unpaired) electrons. The molecular weight excluding hydrogens is 705 g/mol. The van der Waals surface area contributed by atoms with E-state index >= 15 is 0 Å². The van der Waals surface area contributed by atoms with Crippen molar-refractivity contribution in [3.05, 3.63) is 182 Å². The van der Waals surface area contributed by atoms with Crippen LogP contribution in [0.3, 0.4) is 0 Å². The van der Waals surface area contributed by atoms with Crippen LogP contribution in [0.25, 0.3) is 121 Å². The Balaban J connectivity index is 0.966. The molecule has 0 saturated carbocycles. The molecule has 58 heavy (non-hydrogen) atoms. The van der Waals surface area contributed by atoms with Crippen molar-refractivity contribution < 1.29 is 0 Å². The maximum atomic E-state index is 5.31. The zero-order chi connectivity index (χ0) is 38.5. The van der Waals surface area contributed by atoms with Crippen LogP contribution in [-0.4, -0.2) is 19.1 Å². The number of imidazole rings is 2. The molecule has 4 heteroatoms. The molecule has 0 spiro atoms. The molecule has 12 aromatic rings. The van der Waals surface area contributed by atoms with Gasteiger partial charge >= 0.3 is 0 Å². The second kappa shape index (κ2) is 12.5. The largest absolute Gasteiger partial charge is 0.327 e. The van der Waals surface area contributed by atoms with Crippen LogP contribution in [-0.2, 0) is 14.1 Å². The molecule has 272 valence electrons. The second-order valence-electron chi connectivity index (χ2n) is 15.5. The molecule has 10 aromatic carbocycles. The molecule has 12 rings (SSSR count). The summed E-state index contributed by atoms with van der Waals surface area (Å²) in [4.78, 5) is 10.6. The summed E-state index contributed by atoms with van der Waals surface area (Å²) in [5.74, 6) is 1.92. The van der Waals surface area contributed by atoms with Gasteiger partial charge < -0.3 is 9.13 Å². The predicted molar refractivity (Wildman–Crippen MR) is 244 cm³/mol. The molecule has 4 nitrogen and oxygen atoms in total. The maximum Gasteiger partial charge on any atom is 0.140 e. The Hall–Kier alpha value is -7.56. The van der Waals surface area contributed by atoms with Gasteiger partial charge in [0.1, 0.15) is 11.6 Å². The van der Waals surface area contributed by atoms with E-state index in [0.29, 0.717) is 0 Å². The minimum Gasteiger partial charge on any atom is -0.327 e. The fraction of sp³-hybridized carbons (Fsp3) is 0.0370. The van der Waals surface area contributed by atoms with E-state index in [4.69, 9.17) is 9.97 Å². The molecule has 0 aliphatic heterocycles. The first kappa shape index (κ1) is 32.7. The Morgan fingerprint density at radius 2 is 0.603 bits per heavy atom. The lowest BCUT2D eigenvalue weighted by Crippen LogP contribution is -1.94. The molecule has 0 aliphatic rings. The van der Waals surface area contributed by atoms with Gasteiger partial charge in [0, 0.05) is 46.8 Å². The highest BCUT2D eigenvalue weighted by atomic mass is 15.1. The summed E-state index contributed by atoms with van der Waals surface area (Å²) in [6.07, 6.45) is 0. The lowest BCUT2D eigenvalue weighted by atomic mass is 9.90. The SMILES string of the molecule is Cn1c(-c2ccc(-c3cc4ccccc4cc3-c3ccc(-c4nc5c6ccccc6c6ccccc6c5n4C)cc3)cc2)nc2c3ccccc3c3ccccc3c21. The van der Waals surface area contributed by atoms with Crippen LogP contribution in [0.4, 0.5) is 0 Å². The topological polar surface area (TPSA) is 35.6 Å². The van der Waals surface area contributed by atoms with Crippen molar-refractivity contribution >= 4 is 75.9 Å². The number of nitrogens with zero attached hydrogens (tertiary/aromatic N) is 4. The van der Waals surface area contributed by atoms with Gasteiger partial charge in [-0.3, -0.25) is 0 Å². The molecule has 0 amide bonds. The van der Waals surface area contributed by atoms with E-state index in [9.17, 15) is 0 Å². The van der Waals surface area contributed by atoms with E-state index in [1.165, 1.54) is 65.0 Å². The molecule has 0 unspecified atom stereocenters. The van der Waals surface area contributed by atoms with E-state index in [1.54, 1.807) is 0 Å². The lowest BCUT2D eigenvalue weighted by molar-refractivity contribution is 0.962. The summed E-state index contributed by atoms with van der Waals surface area (Å²) in [6, 6.07) is 65.8. The van der Waals surface area contributed by atoms with Crippen molar-refractivity contribution in [3.8, 4) is 45.0 Å². The van der Waals surface area contributed by atoms with Crippen molar-refractivity contribution in [2.75, 3.05) is 0 Å². The first-order chi connectivity index (χ1) is 28.6. The maximum absolute atomic E-state index is 5.31. The van der Waals surface area contributed by atoms with E-state index in [0.717, 1.165) is 56.0 Å². The Morgan fingerprint density at radius 1 is 0.310 bits per heavy atom. The van der Waals surface area contributed by atoms with Gasteiger partial charge in [-0.1, -0.05) is 170 Å². The van der Waals surface area contributed by atoms with Gasteiger partial charge in [-0.2, -0.15) is 0 Å². The van der Waals surface area contributed by atoms with Crippen molar-refractivity contribution in [1.29, 1.82) is 0 Å². The molecule has 0 fully saturated rings. The van der Waals surface area contributed by atoms with E-state index < -0.39 is 0 Å². The highest BCUT2D eigenvalue weighted by molar-refractivity contribution is 6.25. The third-order valence-electron chi connectivity index (χ3n) is 12.3. The summed E-state index contributed by atoms with van der Waals surface area (Å²) in [7, 11) is 4.28. The van der Waals surface area contributed by atoms with Gasteiger partial charge in [0.15, 0.2) is 0 Å². The summed E-state index contributed by atoms with van der Waals surface area (Å²) < 4.78 is 4.52. The molecular formula is C54H36N4. The number of aryl methyl sites for hydroxylation is 2. The van der Waals surface area contributed by atoms with Gasteiger partial charge in [0.05, 0.1) is 22.1 Å². The monoisotopic (exact) mass is 740 g/mol. The zero-order valence-corrected chi connectivity index (χ0v) is 32.1. The van der Waals surface area contributed by atoms with Crippen molar-refractivity contribution in [2.24, 2.45) is 14.1 Å². The Labute approximate surface area is 334 Å².